The second-order valence-corrected chi connectivity index (χ2v) is 5.94. The third-order valence-corrected chi connectivity index (χ3v) is 4.30. The molecule has 8 nitrogen and oxygen atoms in total. The van der Waals surface area contributed by atoms with Gasteiger partial charge in [0.05, 0.1) is 28.4 Å². The van der Waals surface area contributed by atoms with Crippen molar-refractivity contribution in [2.75, 3.05) is 28.4 Å². The minimum absolute atomic E-state index is 0.0701. The van der Waals surface area contributed by atoms with E-state index in [-0.39, 0.29) is 25.7 Å². The predicted molar refractivity (Wildman–Crippen MR) is 103 cm³/mol. The molecule has 0 radical (unpaired) electrons. The molecule has 29 heavy (non-hydrogen) atoms. The van der Waals surface area contributed by atoms with E-state index >= 15 is 0 Å². The maximum Gasteiger partial charge on any atom is 0.324 e. The quantitative estimate of drug-likeness (QED) is 0.135. The molecule has 158 valence electrons. The van der Waals surface area contributed by atoms with Crippen molar-refractivity contribution < 1.29 is 38.1 Å². The Labute approximate surface area is 170 Å². The fraction of sp³-hybridized carbons (Fsp3) is 0.476. The largest absolute Gasteiger partial charge is 0.468 e. The van der Waals surface area contributed by atoms with Gasteiger partial charge in [-0.3, -0.25) is 19.2 Å². The Morgan fingerprint density at radius 1 is 0.759 bits per heavy atom. The summed E-state index contributed by atoms with van der Waals surface area (Å²) >= 11 is 0. The first-order valence-electron chi connectivity index (χ1n) is 8.50. The van der Waals surface area contributed by atoms with Crippen molar-refractivity contribution in [3.63, 3.8) is 0 Å². The summed E-state index contributed by atoms with van der Waals surface area (Å²) < 4.78 is 19.0. The fourth-order valence-corrected chi connectivity index (χ4v) is 2.63. The number of esters is 4. The summed E-state index contributed by atoms with van der Waals surface area (Å²) in [6, 6.07) is 0. The highest BCUT2D eigenvalue weighted by molar-refractivity contribution is 6.01. The van der Waals surface area contributed by atoms with Crippen LogP contribution in [0.15, 0.2) is 31.0 Å². The summed E-state index contributed by atoms with van der Waals surface area (Å²) in [5.74, 6) is 1.98. The van der Waals surface area contributed by atoms with Gasteiger partial charge in [-0.25, -0.2) is 0 Å². The van der Waals surface area contributed by atoms with E-state index in [1.165, 1.54) is 12.2 Å². The van der Waals surface area contributed by atoms with E-state index in [2.05, 4.69) is 30.7 Å². The van der Waals surface area contributed by atoms with E-state index in [0.29, 0.717) is 0 Å². The average molecular weight is 406 g/mol. The van der Waals surface area contributed by atoms with Gasteiger partial charge in [-0.2, -0.15) is 0 Å². The molecule has 0 amide bonds. The standard InChI is InChI=1S/C21H26O8/c1-7-9-13-21(18(24)28-5,19(25)29-6)15-11-10-14-20(12-8-2,16(22)26-3)17(23)27-4/h8-9H,1-2,12-15H2,3-6H3. The van der Waals surface area contributed by atoms with Crippen LogP contribution >= 0.6 is 0 Å². The highest BCUT2D eigenvalue weighted by Crippen LogP contribution is 2.32. The van der Waals surface area contributed by atoms with E-state index in [1.54, 1.807) is 0 Å². The van der Waals surface area contributed by atoms with E-state index in [4.69, 9.17) is 18.9 Å². The number of carbonyl (C=O) groups excluding carboxylic acids is 4. The van der Waals surface area contributed by atoms with Crippen molar-refractivity contribution in [3.05, 3.63) is 31.0 Å². The zero-order valence-corrected chi connectivity index (χ0v) is 17.2. The van der Waals surface area contributed by atoms with Crippen LogP contribution in [-0.4, -0.2) is 52.3 Å². The van der Waals surface area contributed by atoms with E-state index in [0.717, 1.165) is 28.4 Å². The van der Waals surface area contributed by atoms with Crippen LogP contribution in [0, 0.1) is 22.7 Å². The lowest BCUT2D eigenvalue weighted by Crippen LogP contribution is -2.41. The van der Waals surface area contributed by atoms with Crippen molar-refractivity contribution in [2.45, 2.75) is 25.7 Å². The topological polar surface area (TPSA) is 105 Å². The van der Waals surface area contributed by atoms with Crippen LogP contribution in [0.3, 0.4) is 0 Å². The van der Waals surface area contributed by atoms with Crippen LogP contribution in [0.25, 0.3) is 0 Å². The number of hydrogen-bond donors (Lipinski definition) is 0. The molecule has 0 rings (SSSR count). The van der Waals surface area contributed by atoms with Gasteiger partial charge in [-0.05, 0) is 12.5 Å². The highest BCUT2D eigenvalue weighted by atomic mass is 16.6. The summed E-state index contributed by atoms with van der Waals surface area (Å²) in [6.45, 7) is 6.95. The molecule has 0 spiro atoms. The molecule has 0 aliphatic heterocycles. The smallest absolute Gasteiger partial charge is 0.324 e. The molecular weight excluding hydrogens is 380 g/mol. The van der Waals surface area contributed by atoms with Crippen LogP contribution in [0.4, 0.5) is 0 Å². The molecule has 0 unspecified atom stereocenters. The van der Waals surface area contributed by atoms with Gasteiger partial charge in [0, 0.05) is 19.3 Å². The summed E-state index contributed by atoms with van der Waals surface area (Å²) in [6.07, 6.45) is 2.04. The normalized spacial score (nSPS) is 10.3. The Balaban J connectivity index is 6.03. The van der Waals surface area contributed by atoms with Gasteiger partial charge < -0.3 is 18.9 Å². The number of hydrogen-bond acceptors (Lipinski definition) is 8. The maximum absolute atomic E-state index is 12.3. The third kappa shape index (κ3) is 5.84. The molecule has 0 bridgehead atoms. The number of rotatable bonds is 10. The predicted octanol–water partition coefficient (Wildman–Crippen LogP) is 1.74. The van der Waals surface area contributed by atoms with Crippen LogP contribution in [-0.2, 0) is 38.1 Å². The third-order valence-electron chi connectivity index (χ3n) is 4.30. The Kier molecular flexibility index (Phi) is 10.8. The van der Waals surface area contributed by atoms with Gasteiger partial charge in [0.2, 0.25) is 0 Å². The molecule has 0 saturated heterocycles. The molecule has 0 aromatic rings. The van der Waals surface area contributed by atoms with Gasteiger partial charge in [0.15, 0.2) is 10.8 Å². The molecule has 0 heterocycles. The molecule has 0 aromatic heterocycles. The summed E-state index contributed by atoms with van der Waals surface area (Å²) in [4.78, 5) is 49.2. The zero-order chi connectivity index (χ0) is 22.5. The Hall–Kier alpha value is -3.30. The average Bonchev–Trinajstić information content (AvgIpc) is 2.75. The molecule has 0 aliphatic rings. The first kappa shape index (κ1) is 25.7. The van der Waals surface area contributed by atoms with E-state index in [9.17, 15) is 19.2 Å². The highest BCUT2D eigenvalue weighted by Gasteiger charge is 2.48. The Morgan fingerprint density at radius 3 is 1.38 bits per heavy atom. The Bertz CT molecular complexity index is 714. The van der Waals surface area contributed by atoms with Crippen LogP contribution in [0.5, 0.6) is 0 Å². The first-order valence-corrected chi connectivity index (χ1v) is 8.50. The summed E-state index contributed by atoms with van der Waals surface area (Å²) in [5.41, 5.74) is -0.962. The van der Waals surface area contributed by atoms with Gasteiger partial charge in [-0.1, -0.05) is 12.7 Å². The SMILES string of the molecule is C=C=CCC(CC#CCC(CC=C)(C(=O)OC)C(=O)OC)(C(=O)OC)C(=O)OC. The van der Waals surface area contributed by atoms with Crippen molar-refractivity contribution in [1.29, 1.82) is 0 Å². The van der Waals surface area contributed by atoms with E-state index in [1.807, 2.05) is 0 Å². The number of ether oxygens (including phenoxy) is 4. The molecule has 0 N–H and O–H groups in total. The Morgan fingerprint density at radius 2 is 1.10 bits per heavy atom. The minimum Gasteiger partial charge on any atom is -0.468 e. The van der Waals surface area contributed by atoms with Gasteiger partial charge in [0.1, 0.15) is 0 Å². The van der Waals surface area contributed by atoms with Crippen LogP contribution < -0.4 is 0 Å². The van der Waals surface area contributed by atoms with Gasteiger partial charge >= 0.3 is 23.9 Å². The fourth-order valence-electron chi connectivity index (χ4n) is 2.63. The summed E-state index contributed by atoms with van der Waals surface area (Å²) in [7, 11) is 4.54. The lowest BCUT2D eigenvalue weighted by Gasteiger charge is -2.25. The molecule has 0 atom stereocenters. The van der Waals surface area contributed by atoms with Gasteiger partial charge in [-0.15, -0.1) is 24.2 Å². The van der Waals surface area contributed by atoms with Gasteiger partial charge in [0.25, 0.3) is 0 Å². The second kappa shape index (κ2) is 12.2. The number of carbonyl (C=O) groups is 4. The lowest BCUT2D eigenvalue weighted by atomic mass is 9.79. The number of methoxy groups -OCH3 is 4. The van der Waals surface area contributed by atoms with Crippen molar-refractivity contribution in [3.8, 4) is 11.8 Å². The van der Waals surface area contributed by atoms with Crippen molar-refractivity contribution >= 4 is 23.9 Å². The maximum atomic E-state index is 12.3. The molecule has 0 fully saturated rings. The monoisotopic (exact) mass is 406 g/mol. The molecule has 0 aromatic carbocycles. The van der Waals surface area contributed by atoms with Crippen molar-refractivity contribution in [2.24, 2.45) is 10.8 Å². The molecule has 0 aliphatic carbocycles. The summed E-state index contributed by atoms with van der Waals surface area (Å²) in [5, 5.41) is 0. The second-order valence-electron chi connectivity index (χ2n) is 5.94. The number of allylic oxidation sites excluding steroid dienone is 2. The first-order chi connectivity index (χ1) is 13.8. The van der Waals surface area contributed by atoms with Crippen molar-refractivity contribution in [1.82, 2.24) is 0 Å². The molecule has 8 heteroatoms. The minimum atomic E-state index is -1.74. The van der Waals surface area contributed by atoms with Crippen LogP contribution in [0.2, 0.25) is 0 Å². The molecular formula is C21H26O8. The lowest BCUT2D eigenvalue weighted by molar-refractivity contribution is -0.170. The van der Waals surface area contributed by atoms with Crippen LogP contribution in [0.1, 0.15) is 25.7 Å². The molecule has 0 saturated carbocycles. The van der Waals surface area contributed by atoms with E-state index < -0.39 is 34.7 Å². The zero-order valence-electron chi connectivity index (χ0n) is 17.2.